The molecule has 0 saturated heterocycles. The van der Waals surface area contributed by atoms with Crippen LogP contribution in [-0.2, 0) is 12.8 Å². The molecule has 3 aromatic rings. The first-order chi connectivity index (χ1) is 12.6. The van der Waals surface area contributed by atoms with Crippen molar-refractivity contribution in [3.8, 4) is 23.0 Å². The van der Waals surface area contributed by atoms with Gasteiger partial charge in [-0.15, -0.1) is 0 Å². The van der Waals surface area contributed by atoms with Crippen molar-refractivity contribution in [2.75, 3.05) is 7.11 Å². The van der Waals surface area contributed by atoms with E-state index in [1.165, 1.54) is 0 Å². The Balaban J connectivity index is 1.98. The lowest BCUT2D eigenvalue weighted by molar-refractivity contribution is 0.372. The van der Waals surface area contributed by atoms with Crippen LogP contribution in [0.1, 0.15) is 33.7 Å². The van der Waals surface area contributed by atoms with Crippen LogP contribution in [0, 0.1) is 0 Å². The molecule has 0 bridgehead atoms. The standard InChI is InChI=1S/C22H20O4/c1-26-21-12-19-15(11-20(21)25)3-2-14-10-17(24)8-9-18(14)22(19)13-4-6-16(23)7-5-13/h4-12,22-25H,2-3H2,1H3/t22-/m0/s1. The average molecular weight is 348 g/mol. The van der Waals surface area contributed by atoms with Gasteiger partial charge in [0.2, 0.25) is 0 Å². The fraction of sp³-hybridized carbons (Fsp3) is 0.182. The molecule has 0 aromatic heterocycles. The zero-order chi connectivity index (χ0) is 18.3. The summed E-state index contributed by atoms with van der Waals surface area (Å²) in [7, 11) is 1.54. The highest BCUT2D eigenvalue weighted by Crippen LogP contribution is 2.43. The predicted molar refractivity (Wildman–Crippen MR) is 99.2 cm³/mol. The molecule has 0 unspecified atom stereocenters. The Kier molecular flexibility index (Phi) is 3.96. The van der Waals surface area contributed by atoms with Gasteiger partial charge in [-0.1, -0.05) is 18.2 Å². The van der Waals surface area contributed by atoms with Crippen molar-refractivity contribution in [2.24, 2.45) is 0 Å². The minimum atomic E-state index is -0.0711. The molecule has 0 heterocycles. The summed E-state index contributed by atoms with van der Waals surface area (Å²) in [6.45, 7) is 0. The molecular weight excluding hydrogens is 328 g/mol. The van der Waals surface area contributed by atoms with Crippen molar-refractivity contribution >= 4 is 0 Å². The molecule has 1 aliphatic rings. The van der Waals surface area contributed by atoms with Gasteiger partial charge in [-0.25, -0.2) is 0 Å². The number of methoxy groups -OCH3 is 1. The van der Waals surface area contributed by atoms with Gasteiger partial charge in [0.15, 0.2) is 11.5 Å². The molecule has 0 aliphatic heterocycles. The zero-order valence-electron chi connectivity index (χ0n) is 14.4. The maximum Gasteiger partial charge on any atom is 0.160 e. The van der Waals surface area contributed by atoms with Crippen molar-refractivity contribution in [3.05, 3.63) is 82.4 Å². The Morgan fingerprint density at radius 3 is 2.12 bits per heavy atom. The second-order valence-electron chi connectivity index (χ2n) is 6.63. The lowest BCUT2D eigenvalue weighted by Crippen LogP contribution is -2.06. The molecule has 0 radical (unpaired) electrons. The summed E-state index contributed by atoms with van der Waals surface area (Å²) >= 11 is 0. The Labute approximate surface area is 151 Å². The van der Waals surface area contributed by atoms with Crippen LogP contribution in [0.4, 0.5) is 0 Å². The maximum absolute atomic E-state index is 10.2. The van der Waals surface area contributed by atoms with Crippen molar-refractivity contribution in [1.29, 1.82) is 0 Å². The van der Waals surface area contributed by atoms with Gasteiger partial charge in [0.05, 0.1) is 7.11 Å². The quantitative estimate of drug-likeness (QED) is 0.652. The van der Waals surface area contributed by atoms with E-state index in [0.29, 0.717) is 5.75 Å². The van der Waals surface area contributed by atoms with Crippen molar-refractivity contribution in [3.63, 3.8) is 0 Å². The Morgan fingerprint density at radius 2 is 1.42 bits per heavy atom. The first kappa shape index (κ1) is 16.3. The summed E-state index contributed by atoms with van der Waals surface area (Å²) in [6, 6.07) is 16.3. The van der Waals surface area contributed by atoms with Crippen molar-refractivity contribution in [2.45, 2.75) is 18.8 Å². The molecular formula is C22H20O4. The normalized spacial score (nSPS) is 15.7. The number of phenols is 3. The van der Waals surface area contributed by atoms with Gasteiger partial charge < -0.3 is 20.1 Å². The lowest BCUT2D eigenvalue weighted by Gasteiger charge is -2.22. The molecule has 0 fully saturated rings. The summed E-state index contributed by atoms with van der Waals surface area (Å²) in [4.78, 5) is 0. The summed E-state index contributed by atoms with van der Waals surface area (Å²) in [6.07, 6.45) is 1.54. The summed E-state index contributed by atoms with van der Waals surface area (Å²) < 4.78 is 5.33. The lowest BCUT2D eigenvalue weighted by atomic mass is 9.82. The van der Waals surface area contributed by atoms with Gasteiger partial charge in [-0.3, -0.25) is 0 Å². The molecule has 132 valence electrons. The Hall–Kier alpha value is -3.14. The molecule has 3 N–H and O–H groups in total. The molecule has 0 amide bonds. The summed E-state index contributed by atoms with van der Waals surface area (Å²) in [5.41, 5.74) is 5.34. The smallest absolute Gasteiger partial charge is 0.160 e. The van der Waals surface area contributed by atoms with E-state index in [1.807, 2.05) is 30.3 Å². The predicted octanol–water partition coefficient (Wildman–Crippen LogP) is 4.09. The maximum atomic E-state index is 10.2. The molecule has 4 rings (SSSR count). The van der Waals surface area contributed by atoms with E-state index in [2.05, 4.69) is 0 Å². The number of hydrogen-bond donors (Lipinski definition) is 3. The fourth-order valence-corrected chi connectivity index (χ4v) is 3.83. The van der Waals surface area contributed by atoms with Gasteiger partial charge in [0, 0.05) is 5.92 Å². The molecule has 0 spiro atoms. The minimum Gasteiger partial charge on any atom is -0.508 e. The van der Waals surface area contributed by atoms with Crippen LogP contribution in [0.2, 0.25) is 0 Å². The van der Waals surface area contributed by atoms with Crippen LogP contribution in [0.15, 0.2) is 54.6 Å². The number of aromatic hydroxyl groups is 3. The fourth-order valence-electron chi connectivity index (χ4n) is 3.83. The first-order valence-corrected chi connectivity index (χ1v) is 8.57. The molecule has 26 heavy (non-hydrogen) atoms. The molecule has 4 heteroatoms. The largest absolute Gasteiger partial charge is 0.508 e. The number of benzene rings is 3. The minimum absolute atomic E-state index is 0.0711. The second kappa shape index (κ2) is 6.30. The van der Waals surface area contributed by atoms with E-state index < -0.39 is 0 Å². The third kappa shape index (κ3) is 2.73. The number of aryl methyl sites for hydroxylation is 2. The van der Waals surface area contributed by atoms with E-state index in [4.69, 9.17) is 4.74 Å². The number of rotatable bonds is 2. The number of fused-ring (bicyclic) bond motifs is 2. The van der Waals surface area contributed by atoms with Crippen molar-refractivity contribution in [1.82, 2.24) is 0 Å². The van der Waals surface area contributed by atoms with Crippen LogP contribution in [-0.4, -0.2) is 22.4 Å². The monoisotopic (exact) mass is 348 g/mol. The zero-order valence-corrected chi connectivity index (χ0v) is 14.4. The average Bonchev–Trinajstić information content (AvgIpc) is 2.78. The molecule has 3 aromatic carbocycles. The van der Waals surface area contributed by atoms with Crippen LogP contribution >= 0.6 is 0 Å². The van der Waals surface area contributed by atoms with Gasteiger partial charge >= 0.3 is 0 Å². The van der Waals surface area contributed by atoms with E-state index in [0.717, 1.165) is 40.7 Å². The number of hydrogen-bond acceptors (Lipinski definition) is 4. The van der Waals surface area contributed by atoms with Crippen LogP contribution in [0.5, 0.6) is 23.0 Å². The molecule has 4 nitrogen and oxygen atoms in total. The Morgan fingerprint density at radius 1 is 0.769 bits per heavy atom. The highest BCUT2D eigenvalue weighted by Gasteiger charge is 2.27. The third-order valence-electron chi connectivity index (χ3n) is 5.08. The molecule has 1 atom stereocenters. The van der Waals surface area contributed by atoms with Gasteiger partial charge in [0.1, 0.15) is 11.5 Å². The molecule has 1 aliphatic carbocycles. The van der Waals surface area contributed by atoms with Gasteiger partial charge in [-0.05, 0) is 77.1 Å². The highest BCUT2D eigenvalue weighted by atomic mass is 16.5. The van der Waals surface area contributed by atoms with E-state index in [1.54, 1.807) is 31.4 Å². The SMILES string of the molecule is COc1cc2c(cc1O)CCc1cc(O)ccc1[C@@H]2c1ccc(O)cc1. The van der Waals surface area contributed by atoms with Crippen LogP contribution < -0.4 is 4.74 Å². The first-order valence-electron chi connectivity index (χ1n) is 8.57. The van der Waals surface area contributed by atoms with Crippen LogP contribution in [0.25, 0.3) is 0 Å². The van der Waals surface area contributed by atoms with Crippen molar-refractivity contribution < 1.29 is 20.1 Å². The number of ether oxygens (including phenoxy) is 1. The summed E-state index contributed by atoms with van der Waals surface area (Å²) in [5, 5.41) is 29.8. The van der Waals surface area contributed by atoms with Crippen LogP contribution in [0.3, 0.4) is 0 Å². The highest BCUT2D eigenvalue weighted by molar-refractivity contribution is 5.57. The Bertz CT molecular complexity index is 961. The van der Waals surface area contributed by atoms with E-state index in [-0.39, 0.29) is 23.2 Å². The topological polar surface area (TPSA) is 69.9 Å². The van der Waals surface area contributed by atoms with Gasteiger partial charge in [-0.2, -0.15) is 0 Å². The third-order valence-corrected chi connectivity index (χ3v) is 5.08. The van der Waals surface area contributed by atoms with E-state index >= 15 is 0 Å². The number of phenolic OH excluding ortho intramolecular Hbond substituents is 3. The second-order valence-corrected chi connectivity index (χ2v) is 6.63. The van der Waals surface area contributed by atoms with E-state index in [9.17, 15) is 15.3 Å². The van der Waals surface area contributed by atoms with Gasteiger partial charge in [0.25, 0.3) is 0 Å². The molecule has 0 saturated carbocycles. The summed E-state index contributed by atoms with van der Waals surface area (Å²) in [5.74, 6) is 0.967.